The monoisotopic (exact) mass is 256 g/mol. The Kier molecular flexibility index (Phi) is 3.75. The summed E-state index contributed by atoms with van der Waals surface area (Å²) in [5.74, 6) is -1.24. The second-order valence-electron chi connectivity index (χ2n) is 5.23. The molecule has 6 heteroatoms. The van der Waals surface area contributed by atoms with E-state index in [1.807, 2.05) is 13.8 Å². The number of carbonyl (C=O) groups is 2. The van der Waals surface area contributed by atoms with Gasteiger partial charge < -0.3 is 19.6 Å². The zero-order chi connectivity index (χ0) is 13.3. The van der Waals surface area contributed by atoms with E-state index >= 15 is 0 Å². The minimum atomic E-state index is -0.812. The third kappa shape index (κ3) is 2.43. The van der Waals surface area contributed by atoms with Crippen LogP contribution >= 0.6 is 0 Å². The highest BCUT2D eigenvalue weighted by atomic mass is 16.5. The molecule has 1 N–H and O–H groups in total. The molecule has 2 fully saturated rings. The maximum Gasteiger partial charge on any atom is 0.320 e. The van der Waals surface area contributed by atoms with E-state index in [9.17, 15) is 9.59 Å². The van der Waals surface area contributed by atoms with Gasteiger partial charge in [-0.25, -0.2) is 4.79 Å². The summed E-state index contributed by atoms with van der Waals surface area (Å²) < 4.78 is 5.30. The predicted octanol–water partition coefficient (Wildman–Crippen LogP) is 0.480. The Morgan fingerprint density at radius 3 is 2.56 bits per heavy atom. The smallest absolute Gasteiger partial charge is 0.320 e. The molecule has 6 nitrogen and oxygen atoms in total. The predicted molar refractivity (Wildman–Crippen MR) is 64.2 cm³/mol. The van der Waals surface area contributed by atoms with Gasteiger partial charge in [0.2, 0.25) is 0 Å². The summed E-state index contributed by atoms with van der Waals surface area (Å²) in [6.07, 6.45) is 0. The lowest BCUT2D eigenvalue weighted by molar-refractivity contribution is -0.142. The van der Waals surface area contributed by atoms with Gasteiger partial charge in [-0.2, -0.15) is 0 Å². The summed E-state index contributed by atoms with van der Waals surface area (Å²) in [5, 5.41) is 9.07. The van der Waals surface area contributed by atoms with Crippen molar-refractivity contribution in [2.75, 3.05) is 32.8 Å². The van der Waals surface area contributed by atoms with E-state index in [4.69, 9.17) is 9.84 Å². The lowest BCUT2D eigenvalue weighted by atomic mass is 9.99. The van der Waals surface area contributed by atoms with Crippen LogP contribution in [0.1, 0.15) is 13.8 Å². The molecule has 0 aromatic heterocycles. The lowest BCUT2D eigenvalue weighted by Gasteiger charge is -2.36. The van der Waals surface area contributed by atoms with Gasteiger partial charge in [-0.05, 0) is 12.8 Å². The topological polar surface area (TPSA) is 70.1 Å². The van der Waals surface area contributed by atoms with Crippen LogP contribution in [-0.4, -0.2) is 65.8 Å². The number of morpholine rings is 1. The van der Waals surface area contributed by atoms with E-state index in [-0.39, 0.29) is 18.0 Å². The third-order valence-electron chi connectivity index (χ3n) is 3.81. The molecule has 18 heavy (non-hydrogen) atoms. The lowest BCUT2D eigenvalue weighted by Crippen LogP contribution is -2.52. The van der Waals surface area contributed by atoms with Crippen LogP contribution in [0.5, 0.6) is 0 Å². The number of carboxylic acids is 1. The molecular weight excluding hydrogens is 236 g/mol. The Hall–Kier alpha value is -1.30. The van der Waals surface area contributed by atoms with Gasteiger partial charge in [-0.3, -0.25) is 4.79 Å². The van der Waals surface area contributed by atoms with Crippen LogP contribution in [0, 0.1) is 11.8 Å². The summed E-state index contributed by atoms with van der Waals surface area (Å²) in [6, 6.07) is 0.00633. The minimum absolute atomic E-state index is 0.0165. The normalized spacial score (nSPS) is 32.7. The Labute approximate surface area is 106 Å². The van der Waals surface area contributed by atoms with Crippen molar-refractivity contribution in [3.05, 3.63) is 0 Å². The van der Waals surface area contributed by atoms with Crippen LogP contribution in [0.15, 0.2) is 0 Å². The van der Waals surface area contributed by atoms with Crippen LogP contribution in [0.2, 0.25) is 0 Å². The average Bonchev–Trinajstić information content (AvgIpc) is 2.71. The fourth-order valence-corrected chi connectivity index (χ4v) is 2.64. The molecular formula is C12H20N2O4. The highest BCUT2D eigenvalue weighted by Crippen LogP contribution is 2.25. The number of likely N-dealkylation sites (tertiary alicyclic amines) is 1. The highest BCUT2D eigenvalue weighted by Gasteiger charge is 2.39. The van der Waals surface area contributed by atoms with Gasteiger partial charge in [-0.1, -0.05) is 6.92 Å². The standard InChI is InChI=1S/C12H20N2O4/c1-8-5-13(6-10(8)11(15)16)12(17)14-3-4-18-7-9(14)2/h8-10H,3-7H2,1-2H3,(H,15,16)/t8-,9?,10-/m1/s1. The number of ether oxygens (including phenoxy) is 1. The molecule has 0 spiro atoms. The largest absolute Gasteiger partial charge is 0.481 e. The second-order valence-corrected chi connectivity index (χ2v) is 5.23. The molecule has 2 aliphatic rings. The summed E-state index contributed by atoms with van der Waals surface area (Å²) in [5.41, 5.74) is 0. The molecule has 0 aromatic rings. The van der Waals surface area contributed by atoms with E-state index in [1.54, 1.807) is 9.80 Å². The molecule has 2 heterocycles. The molecule has 2 aliphatic heterocycles. The molecule has 102 valence electrons. The number of carboxylic acid groups (broad SMARTS) is 1. The Balaban J connectivity index is 2.00. The molecule has 0 bridgehead atoms. The minimum Gasteiger partial charge on any atom is -0.481 e. The Bertz CT molecular complexity index is 347. The number of carbonyl (C=O) groups excluding carboxylic acids is 1. The van der Waals surface area contributed by atoms with Crippen molar-refractivity contribution < 1.29 is 19.4 Å². The highest BCUT2D eigenvalue weighted by molar-refractivity contribution is 5.78. The van der Waals surface area contributed by atoms with Gasteiger partial charge in [0.1, 0.15) is 0 Å². The first-order valence-corrected chi connectivity index (χ1v) is 6.36. The Morgan fingerprint density at radius 1 is 1.28 bits per heavy atom. The number of urea groups is 1. The fourth-order valence-electron chi connectivity index (χ4n) is 2.64. The maximum atomic E-state index is 12.3. The zero-order valence-corrected chi connectivity index (χ0v) is 10.8. The van der Waals surface area contributed by atoms with Crippen molar-refractivity contribution in [1.82, 2.24) is 9.80 Å². The molecule has 2 rings (SSSR count). The third-order valence-corrected chi connectivity index (χ3v) is 3.81. The van der Waals surface area contributed by atoms with Gasteiger partial charge in [0.25, 0.3) is 0 Å². The van der Waals surface area contributed by atoms with Gasteiger partial charge in [0, 0.05) is 19.6 Å². The first-order chi connectivity index (χ1) is 8.50. The molecule has 0 saturated carbocycles. The molecule has 3 atom stereocenters. The average molecular weight is 256 g/mol. The van der Waals surface area contributed by atoms with Crippen molar-refractivity contribution in [2.24, 2.45) is 11.8 Å². The number of aliphatic carboxylic acids is 1. The number of hydrogen-bond acceptors (Lipinski definition) is 3. The van der Waals surface area contributed by atoms with Crippen LogP contribution in [0.3, 0.4) is 0 Å². The molecule has 0 aromatic carbocycles. The van der Waals surface area contributed by atoms with Crippen LogP contribution in [0.4, 0.5) is 4.79 Å². The van der Waals surface area contributed by atoms with Gasteiger partial charge in [-0.15, -0.1) is 0 Å². The van der Waals surface area contributed by atoms with Crippen LogP contribution in [0.25, 0.3) is 0 Å². The SMILES string of the molecule is CC1COCCN1C(=O)N1C[C@@H](C)[C@H](C(=O)O)C1. The van der Waals surface area contributed by atoms with Gasteiger partial charge in [0.05, 0.1) is 25.2 Å². The van der Waals surface area contributed by atoms with Crippen molar-refractivity contribution in [3.8, 4) is 0 Å². The second kappa shape index (κ2) is 5.14. The van der Waals surface area contributed by atoms with Crippen molar-refractivity contribution in [1.29, 1.82) is 0 Å². The fraction of sp³-hybridized carbons (Fsp3) is 0.833. The quantitative estimate of drug-likeness (QED) is 0.741. The summed E-state index contributed by atoms with van der Waals surface area (Å²) in [6.45, 7) is 6.38. The Morgan fingerprint density at radius 2 is 2.00 bits per heavy atom. The van der Waals surface area contributed by atoms with E-state index in [1.165, 1.54) is 0 Å². The van der Waals surface area contributed by atoms with E-state index in [2.05, 4.69) is 0 Å². The van der Waals surface area contributed by atoms with Gasteiger partial charge in [0.15, 0.2) is 0 Å². The molecule has 2 saturated heterocycles. The molecule has 0 aliphatic carbocycles. The van der Waals surface area contributed by atoms with Crippen LogP contribution < -0.4 is 0 Å². The molecule has 1 unspecified atom stereocenters. The summed E-state index contributed by atoms with van der Waals surface area (Å²) in [4.78, 5) is 26.8. The van der Waals surface area contributed by atoms with Crippen molar-refractivity contribution >= 4 is 12.0 Å². The number of amides is 2. The van der Waals surface area contributed by atoms with E-state index in [0.717, 1.165) is 0 Å². The zero-order valence-electron chi connectivity index (χ0n) is 10.8. The van der Waals surface area contributed by atoms with Gasteiger partial charge >= 0.3 is 12.0 Å². The first kappa shape index (κ1) is 13.1. The number of rotatable bonds is 1. The number of hydrogen-bond donors (Lipinski definition) is 1. The van der Waals surface area contributed by atoms with Crippen molar-refractivity contribution in [2.45, 2.75) is 19.9 Å². The maximum absolute atomic E-state index is 12.3. The van der Waals surface area contributed by atoms with E-state index in [0.29, 0.717) is 32.8 Å². The summed E-state index contributed by atoms with van der Waals surface area (Å²) in [7, 11) is 0. The van der Waals surface area contributed by atoms with Crippen molar-refractivity contribution in [3.63, 3.8) is 0 Å². The molecule has 0 radical (unpaired) electrons. The molecule has 2 amide bonds. The number of nitrogens with zero attached hydrogens (tertiary/aromatic N) is 2. The van der Waals surface area contributed by atoms with E-state index < -0.39 is 11.9 Å². The summed E-state index contributed by atoms with van der Waals surface area (Å²) >= 11 is 0. The van der Waals surface area contributed by atoms with Crippen LogP contribution in [-0.2, 0) is 9.53 Å². The first-order valence-electron chi connectivity index (χ1n) is 6.36.